The lowest BCUT2D eigenvalue weighted by molar-refractivity contribution is 0.0746. The maximum absolute atomic E-state index is 13.0. The van der Waals surface area contributed by atoms with Gasteiger partial charge < -0.3 is 4.90 Å². The van der Waals surface area contributed by atoms with Gasteiger partial charge in [0.25, 0.3) is 5.91 Å². The Bertz CT molecular complexity index is 986. The number of benzene rings is 1. The van der Waals surface area contributed by atoms with Crippen LogP contribution < -0.4 is 0 Å². The molecule has 1 amide bonds. The van der Waals surface area contributed by atoms with E-state index in [-0.39, 0.29) is 5.91 Å². The lowest BCUT2D eigenvalue weighted by Gasteiger charge is -2.20. The van der Waals surface area contributed by atoms with Gasteiger partial charge in [-0.3, -0.25) is 9.20 Å². The smallest absolute Gasteiger partial charge is 0.272 e. The summed E-state index contributed by atoms with van der Waals surface area (Å²) in [5, 5.41) is 3.93. The molecule has 0 aliphatic carbocycles. The molecule has 6 heteroatoms. The van der Waals surface area contributed by atoms with E-state index >= 15 is 0 Å². The number of carbonyl (C=O) groups excluding carboxylic acids is 1. The van der Waals surface area contributed by atoms with Crippen molar-refractivity contribution in [3.05, 3.63) is 70.7 Å². The van der Waals surface area contributed by atoms with Gasteiger partial charge in [0.05, 0.1) is 4.88 Å². The molecule has 3 aromatic heterocycles. The zero-order chi connectivity index (χ0) is 17.2. The van der Waals surface area contributed by atoms with Crippen molar-refractivity contribution >= 4 is 33.5 Å². The molecule has 1 aromatic carbocycles. The van der Waals surface area contributed by atoms with Gasteiger partial charge in [-0.1, -0.05) is 36.4 Å². The molecule has 4 aromatic rings. The summed E-state index contributed by atoms with van der Waals surface area (Å²) < 4.78 is 1.91. The van der Waals surface area contributed by atoms with Crippen LogP contribution in [0.25, 0.3) is 15.5 Å². The highest BCUT2D eigenvalue weighted by Gasteiger charge is 2.20. The number of thiazole rings is 1. The molecule has 0 aliphatic rings. The first-order valence-electron chi connectivity index (χ1n) is 8.10. The van der Waals surface area contributed by atoms with Gasteiger partial charge in [-0.25, -0.2) is 4.98 Å². The Morgan fingerprint density at radius 3 is 2.72 bits per heavy atom. The Kier molecular flexibility index (Phi) is 4.38. The molecule has 0 saturated heterocycles. The molecule has 25 heavy (non-hydrogen) atoms. The third kappa shape index (κ3) is 3.10. The van der Waals surface area contributed by atoms with Crippen molar-refractivity contribution < 1.29 is 4.79 Å². The summed E-state index contributed by atoms with van der Waals surface area (Å²) in [4.78, 5) is 21.5. The zero-order valence-electron chi connectivity index (χ0n) is 13.8. The summed E-state index contributed by atoms with van der Waals surface area (Å²) in [6.45, 7) is 3.28. The molecule has 0 saturated carbocycles. The summed E-state index contributed by atoms with van der Waals surface area (Å²) in [7, 11) is 0. The van der Waals surface area contributed by atoms with Gasteiger partial charge in [0.15, 0.2) is 4.96 Å². The van der Waals surface area contributed by atoms with Crippen LogP contribution in [0.15, 0.2) is 59.4 Å². The number of aromatic nitrogens is 2. The van der Waals surface area contributed by atoms with Gasteiger partial charge in [0.1, 0.15) is 11.4 Å². The van der Waals surface area contributed by atoms with E-state index < -0.39 is 0 Å². The Morgan fingerprint density at radius 1 is 1.16 bits per heavy atom. The topological polar surface area (TPSA) is 37.6 Å². The zero-order valence-corrected chi connectivity index (χ0v) is 15.4. The predicted molar refractivity (Wildman–Crippen MR) is 103 cm³/mol. The molecule has 0 spiro atoms. The van der Waals surface area contributed by atoms with E-state index in [1.54, 1.807) is 11.3 Å². The minimum absolute atomic E-state index is 0.0349. The summed E-state index contributed by atoms with van der Waals surface area (Å²) in [5.41, 5.74) is 2.73. The molecule has 0 atom stereocenters. The van der Waals surface area contributed by atoms with Crippen LogP contribution >= 0.6 is 22.7 Å². The van der Waals surface area contributed by atoms with E-state index in [0.29, 0.717) is 18.8 Å². The van der Waals surface area contributed by atoms with Gasteiger partial charge in [0.2, 0.25) is 0 Å². The number of nitrogens with zero attached hydrogens (tertiary/aromatic N) is 3. The van der Waals surface area contributed by atoms with E-state index in [2.05, 4.69) is 4.98 Å². The molecule has 0 radical (unpaired) electrons. The third-order valence-corrected chi connectivity index (χ3v) is 5.82. The van der Waals surface area contributed by atoms with E-state index in [1.165, 1.54) is 11.3 Å². The average molecular weight is 367 g/mol. The fourth-order valence-corrected chi connectivity index (χ4v) is 4.30. The molecule has 0 bridgehead atoms. The van der Waals surface area contributed by atoms with Gasteiger partial charge >= 0.3 is 0 Å². The molecule has 0 N–H and O–H groups in total. The second kappa shape index (κ2) is 6.82. The highest BCUT2D eigenvalue weighted by Crippen LogP contribution is 2.27. The number of hydrogen-bond acceptors (Lipinski definition) is 4. The minimum Gasteiger partial charge on any atom is -0.333 e. The van der Waals surface area contributed by atoms with Crippen molar-refractivity contribution in [2.75, 3.05) is 6.54 Å². The average Bonchev–Trinajstić information content (AvgIpc) is 3.35. The standard InChI is InChI=1S/C19H17N3OS2/c1-2-21(11-14-7-4-3-5-8-14)18(23)16-13-25-19-20-15(12-22(16)19)17-9-6-10-24-17/h3-10,12-13H,2,11H2,1H3. The van der Waals surface area contributed by atoms with Gasteiger partial charge in [-0.15, -0.1) is 22.7 Å². The van der Waals surface area contributed by atoms with Gasteiger partial charge in [-0.05, 0) is 23.9 Å². The fraction of sp³-hybridized carbons (Fsp3) is 0.158. The number of amides is 1. The number of rotatable bonds is 5. The minimum atomic E-state index is 0.0349. The second-order valence-electron chi connectivity index (χ2n) is 5.68. The molecule has 4 nitrogen and oxygen atoms in total. The summed E-state index contributed by atoms with van der Waals surface area (Å²) in [6.07, 6.45) is 1.96. The molecular weight excluding hydrogens is 350 g/mol. The molecular formula is C19H17N3OS2. The SMILES string of the molecule is CCN(Cc1ccccc1)C(=O)c1csc2nc(-c3cccs3)cn12. The molecule has 0 aliphatic heterocycles. The molecule has 0 unspecified atom stereocenters. The monoisotopic (exact) mass is 367 g/mol. The fourth-order valence-electron chi connectivity index (χ4n) is 2.77. The van der Waals surface area contributed by atoms with E-state index in [0.717, 1.165) is 21.1 Å². The molecule has 0 fully saturated rings. The molecule has 4 rings (SSSR count). The Labute approximate surface area is 154 Å². The Balaban J connectivity index is 1.64. The maximum atomic E-state index is 13.0. The van der Waals surface area contributed by atoms with Crippen LogP contribution in [0.4, 0.5) is 0 Å². The summed E-state index contributed by atoms with van der Waals surface area (Å²) >= 11 is 3.16. The van der Waals surface area contributed by atoms with Crippen LogP contribution in [-0.4, -0.2) is 26.7 Å². The van der Waals surface area contributed by atoms with Crippen molar-refractivity contribution in [3.63, 3.8) is 0 Å². The number of hydrogen-bond donors (Lipinski definition) is 0. The Hall–Kier alpha value is -2.44. The normalized spacial score (nSPS) is 11.1. The number of imidazole rings is 1. The third-order valence-electron chi connectivity index (χ3n) is 4.09. The predicted octanol–water partition coefficient (Wildman–Crippen LogP) is 4.79. The van der Waals surface area contributed by atoms with Gasteiger partial charge in [-0.2, -0.15) is 0 Å². The lowest BCUT2D eigenvalue weighted by Crippen LogP contribution is -2.31. The van der Waals surface area contributed by atoms with Crippen LogP contribution in [0.5, 0.6) is 0 Å². The van der Waals surface area contributed by atoms with E-state index in [4.69, 9.17) is 0 Å². The van der Waals surface area contributed by atoms with Crippen LogP contribution in [0.3, 0.4) is 0 Å². The van der Waals surface area contributed by atoms with Crippen molar-refractivity contribution in [2.24, 2.45) is 0 Å². The number of fused-ring (bicyclic) bond motifs is 1. The van der Waals surface area contributed by atoms with Crippen LogP contribution in [0.2, 0.25) is 0 Å². The first kappa shape index (κ1) is 16.1. The first-order valence-corrected chi connectivity index (χ1v) is 9.86. The molecule has 126 valence electrons. The van der Waals surface area contributed by atoms with Crippen molar-refractivity contribution in [3.8, 4) is 10.6 Å². The number of carbonyl (C=O) groups is 1. The lowest BCUT2D eigenvalue weighted by atomic mass is 10.2. The second-order valence-corrected chi connectivity index (χ2v) is 7.47. The first-order chi connectivity index (χ1) is 12.3. The van der Waals surface area contributed by atoms with E-state index in [1.807, 2.05) is 75.6 Å². The van der Waals surface area contributed by atoms with Crippen LogP contribution in [0, 0.1) is 0 Å². The molecule has 3 heterocycles. The summed E-state index contributed by atoms with van der Waals surface area (Å²) in [6, 6.07) is 14.1. The van der Waals surface area contributed by atoms with Crippen molar-refractivity contribution in [2.45, 2.75) is 13.5 Å². The Morgan fingerprint density at radius 2 is 2.00 bits per heavy atom. The van der Waals surface area contributed by atoms with Gasteiger partial charge in [0, 0.05) is 24.7 Å². The highest BCUT2D eigenvalue weighted by atomic mass is 32.1. The van der Waals surface area contributed by atoms with Crippen LogP contribution in [0.1, 0.15) is 23.0 Å². The number of thiophene rings is 1. The van der Waals surface area contributed by atoms with Crippen LogP contribution in [-0.2, 0) is 6.54 Å². The summed E-state index contributed by atoms with van der Waals surface area (Å²) in [5.74, 6) is 0.0349. The van der Waals surface area contributed by atoms with E-state index in [9.17, 15) is 4.79 Å². The maximum Gasteiger partial charge on any atom is 0.272 e. The van der Waals surface area contributed by atoms with Crippen molar-refractivity contribution in [1.82, 2.24) is 14.3 Å². The quantitative estimate of drug-likeness (QED) is 0.509. The highest BCUT2D eigenvalue weighted by molar-refractivity contribution is 7.15. The van der Waals surface area contributed by atoms with Crippen molar-refractivity contribution in [1.29, 1.82) is 0 Å². The largest absolute Gasteiger partial charge is 0.333 e.